The highest BCUT2D eigenvalue weighted by Gasteiger charge is 2.10. The van der Waals surface area contributed by atoms with Gasteiger partial charge >= 0.3 is 0 Å². The zero-order valence-corrected chi connectivity index (χ0v) is 10.9. The molecule has 0 amide bonds. The predicted octanol–water partition coefficient (Wildman–Crippen LogP) is 2.56. The van der Waals surface area contributed by atoms with Crippen molar-refractivity contribution in [3.8, 4) is 0 Å². The third-order valence-corrected chi connectivity index (χ3v) is 3.19. The first-order valence-corrected chi connectivity index (χ1v) is 6.38. The highest BCUT2D eigenvalue weighted by atomic mass is 15.1. The SMILES string of the molecule is CNCc1cccc(CN2CCC=C(C)C2)c1. The highest BCUT2D eigenvalue weighted by Crippen LogP contribution is 2.14. The Morgan fingerprint density at radius 3 is 2.88 bits per heavy atom. The smallest absolute Gasteiger partial charge is 0.0237 e. The van der Waals surface area contributed by atoms with Crippen LogP contribution in [0.4, 0.5) is 0 Å². The van der Waals surface area contributed by atoms with E-state index in [2.05, 4.69) is 47.5 Å². The Bertz CT molecular complexity index is 396. The first kappa shape index (κ1) is 12.3. The summed E-state index contributed by atoms with van der Waals surface area (Å²) in [5.74, 6) is 0. The molecule has 0 saturated heterocycles. The molecule has 1 N–H and O–H groups in total. The molecule has 0 aromatic heterocycles. The van der Waals surface area contributed by atoms with E-state index in [0.717, 1.165) is 19.6 Å². The van der Waals surface area contributed by atoms with Crippen molar-refractivity contribution in [1.82, 2.24) is 10.2 Å². The minimum Gasteiger partial charge on any atom is -0.316 e. The van der Waals surface area contributed by atoms with Crippen molar-refractivity contribution >= 4 is 0 Å². The number of hydrogen-bond donors (Lipinski definition) is 1. The Labute approximate surface area is 104 Å². The summed E-state index contributed by atoms with van der Waals surface area (Å²) in [6, 6.07) is 8.88. The number of hydrogen-bond acceptors (Lipinski definition) is 2. The molecule has 0 fully saturated rings. The van der Waals surface area contributed by atoms with Crippen molar-refractivity contribution < 1.29 is 0 Å². The quantitative estimate of drug-likeness (QED) is 0.800. The fraction of sp³-hybridized carbons (Fsp3) is 0.467. The topological polar surface area (TPSA) is 15.3 Å². The lowest BCUT2D eigenvalue weighted by atomic mass is 10.1. The molecule has 2 nitrogen and oxygen atoms in total. The second-order valence-corrected chi connectivity index (χ2v) is 4.90. The summed E-state index contributed by atoms with van der Waals surface area (Å²) < 4.78 is 0. The van der Waals surface area contributed by atoms with Crippen LogP contribution in [0.25, 0.3) is 0 Å². The predicted molar refractivity (Wildman–Crippen MR) is 72.9 cm³/mol. The van der Waals surface area contributed by atoms with Crippen molar-refractivity contribution in [3.63, 3.8) is 0 Å². The second-order valence-electron chi connectivity index (χ2n) is 4.90. The zero-order valence-electron chi connectivity index (χ0n) is 10.9. The van der Waals surface area contributed by atoms with Crippen LogP contribution in [0, 0.1) is 0 Å². The van der Waals surface area contributed by atoms with Gasteiger partial charge in [0.2, 0.25) is 0 Å². The van der Waals surface area contributed by atoms with Gasteiger partial charge in [-0.2, -0.15) is 0 Å². The van der Waals surface area contributed by atoms with Crippen LogP contribution in [-0.2, 0) is 13.1 Å². The summed E-state index contributed by atoms with van der Waals surface area (Å²) in [6.07, 6.45) is 3.55. The van der Waals surface area contributed by atoms with Gasteiger partial charge in [-0.15, -0.1) is 0 Å². The molecule has 1 aliphatic rings. The van der Waals surface area contributed by atoms with E-state index in [1.54, 1.807) is 0 Å². The summed E-state index contributed by atoms with van der Waals surface area (Å²) in [4.78, 5) is 2.52. The monoisotopic (exact) mass is 230 g/mol. The van der Waals surface area contributed by atoms with Crippen LogP contribution in [-0.4, -0.2) is 25.0 Å². The lowest BCUT2D eigenvalue weighted by Crippen LogP contribution is -2.28. The van der Waals surface area contributed by atoms with Crippen LogP contribution in [0.15, 0.2) is 35.9 Å². The van der Waals surface area contributed by atoms with E-state index in [4.69, 9.17) is 0 Å². The molecule has 1 heterocycles. The normalized spacial score (nSPS) is 16.9. The van der Waals surface area contributed by atoms with E-state index in [1.807, 2.05) is 7.05 Å². The van der Waals surface area contributed by atoms with E-state index in [9.17, 15) is 0 Å². The van der Waals surface area contributed by atoms with E-state index < -0.39 is 0 Å². The molecule has 0 aliphatic carbocycles. The summed E-state index contributed by atoms with van der Waals surface area (Å²) in [7, 11) is 1.99. The highest BCUT2D eigenvalue weighted by molar-refractivity contribution is 5.23. The molecule has 0 spiro atoms. The average Bonchev–Trinajstić information content (AvgIpc) is 2.30. The Balaban J connectivity index is 1.98. The maximum atomic E-state index is 3.20. The maximum Gasteiger partial charge on any atom is 0.0237 e. The van der Waals surface area contributed by atoms with Gasteiger partial charge < -0.3 is 5.32 Å². The molecule has 0 radical (unpaired) electrons. The van der Waals surface area contributed by atoms with E-state index >= 15 is 0 Å². The first-order valence-electron chi connectivity index (χ1n) is 6.38. The van der Waals surface area contributed by atoms with Gasteiger partial charge in [0.05, 0.1) is 0 Å². The van der Waals surface area contributed by atoms with Crippen LogP contribution in [0.2, 0.25) is 0 Å². The second kappa shape index (κ2) is 5.99. The molecule has 2 heteroatoms. The van der Waals surface area contributed by atoms with Crippen molar-refractivity contribution in [2.24, 2.45) is 0 Å². The minimum absolute atomic E-state index is 0.951. The van der Waals surface area contributed by atoms with Gasteiger partial charge in [0.1, 0.15) is 0 Å². The molecule has 2 rings (SSSR count). The summed E-state index contributed by atoms with van der Waals surface area (Å²) in [5, 5.41) is 3.20. The molecule has 92 valence electrons. The largest absolute Gasteiger partial charge is 0.316 e. The first-order chi connectivity index (χ1) is 8.28. The number of benzene rings is 1. The molecule has 0 atom stereocenters. The van der Waals surface area contributed by atoms with E-state index in [0.29, 0.717) is 0 Å². The van der Waals surface area contributed by atoms with Crippen LogP contribution < -0.4 is 5.32 Å². The third kappa shape index (κ3) is 3.69. The fourth-order valence-corrected chi connectivity index (χ4v) is 2.43. The lowest BCUT2D eigenvalue weighted by Gasteiger charge is -2.26. The molecule has 1 aromatic carbocycles. The van der Waals surface area contributed by atoms with Gasteiger partial charge in [0.25, 0.3) is 0 Å². The van der Waals surface area contributed by atoms with Gasteiger partial charge in [0.15, 0.2) is 0 Å². The molecule has 0 bridgehead atoms. The van der Waals surface area contributed by atoms with E-state index in [1.165, 1.54) is 29.7 Å². The molecule has 0 saturated carbocycles. The van der Waals surface area contributed by atoms with Crippen molar-refractivity contribution in [2.45, 2.75) is 26.4 Å². The van der Waals surface area contributed by atoms with Crippen LogP contribution in [0.1, 0.15) is 24.5 Å². The Kier molecular flexibility index (Phi) is 4.35. The third-order valence-electron chi connectivity index (χ3n) is 3.19. The number of rotatable bonds is 4. The van der Waals surface area contributed by atoms with Gasteiger partial charge in [-0.25, -0.2) is 0 Å². The summed E-state index contributed by atoms with van der Waals surface area (Å²) in [5.41, 5.74) is 4.30. The average molecular weight is 230 g/mol. The Morgan fingerprint density at radius 2 is 2.12 bits per heavy atom. The lowest BCUT2D eigenvalue weighted by molar-refractivity contribution is 0.282. The maximum absolute atomic E-state index is 3.20. The Morgan fingerprint density at radius 1 is 1.29 bits per heavy atom. The van der Waals surface area contributed by atoms with Gasteiger partial charge in [-0.05, 0) is 31.5 Å². The molecule has 17 heavy (non-hydrogen) atoms. The van der Waals surface area contributed by atoms with Crippen molar-refractivity contribution in [2.75, 3.05) is 20.1 Å². The van der Waals surface area contributed by atoms with Gasteiger partial charge in [-0.1, -0.05) is 35.9 Å². The van der Waals surface area contributed by atoms with Gasteiger partial charge in [0, 0.05) is 26.2 Å². The van der Waals surface area contributed by atoms with Crippen LogP contribution in [0.3, 0.4) is 0 Å². The molecule has 1 aromatic rings. The molecular weight excluding hydrogens is 208 g/mol. The molecule has 0 unspecified atom stereocenters. The van der Waals surface area contributed by atoms with Crippen molar-refractivity contribution in [1.29, 1.82) is 0 Å². The minimum atomic E-state index is 0.951. The van der Waals surface area contributed by atoms with Crippen LogP contribution in [0.5, 0.6) is 0 Å². The number of nitrogens with one attached hydrogen (secondary N) is 1. The summed E-state index contributed by atoms with van der Waals surface area (Å²) in [6.45, 7) is 6.56. The standard InChI is InChI=1S/C15H22N2/c1-13-5-4-8-17(11-13)12-15-7-3-6-14(9-15)10-16-2/h3,5-7,9,16H,4,8,10-12H2,1-2H3. The van der Waals surface area contributed by atoms with Crippen molar-refractivity contribution in [3.05, 3.63) is 47.0 Å². The fourth-order valence-electron chi connectivity index (χ4n) is 2.43. The van der Waals surface area contributed by atoms with Gasteiger partial charge in [-0.3, -0.25) is 4.90 Å². The summed E-state index contributed by atoms with van der Waals surface area (Å²) >= 11 is 0. The molecule has 1 aliphatic heterocycles. The van der Waals surface area contributed by atoms with E-state index in [-0.39, 0.29) is 0 Å². The Hall–Kier alpha value is -1.12. The zero-order chi connectivity index (χ0) is 12.1. The van der Waals surface area contributed by atoms with Crippen LogP contribution >= 0.6 is 0 Å². The molecular formula is C15H22N2. The number of nitrogens with zero attached hydrogens (tertiary/aromatic N) is 1.